The van der Waals surface area contributed by atoms with E-state index in [-0.39, 0.29) is 6.04 Å². The number of piperidine rings is 1. The Morgan fingerprint density at radius 1 is 1.37 bits per heavy atom. The van der Waals surface area contributed by atoms with Gasteiger partial charge in [0.25, 0.3) is 0 Å². The average Bonchev–Trinajstić information content (AvgIpc) is 2.42. The van der Waals surface area contributed by atoms with Gasteiger partial charge in [0.1, 0.15) is 0 Å². The predicted molar refractivity (Wildman–Crippen MR) is 73.0 cm³/mol. The van der Waals surface area contributed by atoms with Crippen LogP contribution in [0.15, 0.2) is 18.2 Å². The van der Waals surface area contributed by atoms with Crippen molar-refractivity contribution in [1.82, 2.24) is 10.2 Å². The van der Waals surface area contributed by atoms with Gasteiger partial charge in [0.05, 0.1) is 0 Å². The van der Waals surface area contributed by atoms with Crippen LogP contribution in [0.1, 0.15) is 37.8 Å². The first-order valence-corrected chi connectivity index (χ1v) is 6.99. The van der Waals surface area contributed by atoms with Gasteiger partial charge in [-0.1, -0.05) is 18.6 Å². The van der Waals surface area contributed by atoms with Crippen LogP contribution in [-0.4, -0.2) is 31.1 Å². The van der Waals surface area contributed by atoms with Gasteiger partial charge in [0, 0.05) is 24.2 Å². The number of hydrogen-bond acceptors (Lipinski definition) is 2. The third-order valence-electron chi connectivity index (χ3n) is 4.04. The first kappa shape index (κ1) is 14.4. The highest BCUT2D eigenvalue weighted by atomic mass is 19.2. The van der Waals surface area contributed by atoms with Crippen molar-refractivity contribution >= 4 is 0 Å². The summed E-state index contributed by atoms with van der Waals surface area (Å²) in [6, 6.07) is 4.76. The minimum atomic E-state index is -0.758. The topological polar surface area (TPSA) is 15.3 Å². The second-order valence-corrected chi connectivity index (χ2v) is 5.26. The minimum absolute atomic E-state index is 0.0886. The van der Waals surface area contributed by atoms with Crippen molar-refractivity contribution in [3.63, 3.8) is 0 Å². The van der Waals surface area contributed by atoms with Crippen LogP contribution in [-0.2, 0) is 0 Å². The molecule has 1 aliphatic heterocycles. The second-order valence-electron chi connectivity index (χ2n) is 5.26. The fourth-order valence-corrected chi connectivity index (χ4v) is 3.01. The van der Waals surface area contributed by atoms with E-state index in [4.69, 9.17) is 0 Å². The normalized spacial score (nSPS) is 22.4. The monoisotopic (exact) mass is 268 g/mol. The fraction of sp³-hybridized carbons (Fsp3) is 0.600. The van der Waals surface area contributed by atoms with Gasteiger partial charge in [-0.15, -0.1) is 0 Å². The Hall–Kier alpha value is -1.00. The summed E-state index contributed by atoms with van der Waals surface area (Å²) in [5, 5.41) is 3.19. The number of likely N-dealkylation sites (N-methyl/N-ethyl adjacent to an activating group) is 1. The molecule has 1 aliphatic rings. The zero-order valence-electron chi connectivity index (χ0n) is 11.6. The molecule has 19 heavy (non-hydrogen) atoms. The quantitative estimate of drug-likeness (QED) is 0.902. The Balaban J connectivity index is 2.21. The van der Waals surface area contributed by atoms with E-state index in [0.29, 0.717) is 11.6 Å². The van der Waals surface area contributed by atoms with E-state index < -0.39 is 11.6 Å². The summed E-state index contributed by atoms with van der Waals surface area (Å²) in [4.78, 5) is 2.29. The summed E-state index contributed by atoms with van der Waals surface area (Å²) in [5.74, 6) is -1.46. The number of rotatable bonds is 4. The maximum Gasteiger partial charge on any atom is 0.163 e. The minimum Gasteiger partial charge on any atom is -0.318 e. The molecule has 1 fully saturated rings. The lowest BCUT2D eigenvalue weighted by Gasteiger charge is -2.40. The van der Waals surface area contributed by atoms with Crippen molar-refractivity contribution in [2.75, 3.05) is 20.1 Å². The molecule has 1 aromatic rings. The largest absolute Gasteiger partial charge is 0.318 e. The first-order valence-electron chi connectivity index (χ1n) is 6.99. The number of benzene rings is 1. The zero-order chi connectivity index (χ0) is 13.8. The van der Waals surface area contributed by atoms with E-state index in [1.54, 1.807) is 12.1 Å². The molecule has 1 aromatic carbocycles. The lowest BCUT2D eigenvalue weighted by Crippen LogP contribution is -2.46. The molecule has 2 unspecified atom stereocenters. The van der Waals surface area contributed by atoms with Gasteiger partial charge >= 0.3 is 0 Å². The number of nitrogens with zero attached hydrogens (tertiary/aromatic N) is 1. The molecule has 0 saturated carbocycles. The Morgan fingerprint density at radius 3 is 2.89 bits per heavy atom. The Kier molecular flexibility index (Phi) is 4.88. The third-order valence-corrected chi connectivity index (χ3v) is 4.04. The Bertz CT molecular complexity index is 421. The molecule has 2 rings (SSSR count). The molecule has 2 nitrogen and oxygen atoms in total. The van der Waals surface area contributed by atoms with Gasteiger partial charge < -0.3 is 5.32 Å². The summed E-state index contributed by atoms with van der Waals surface area (Å²) >= 11 is 0. The van der Waals surface area contributed by atoms with Crippen molar-refractivity contribution in [1.29, 1.82) is 0 Å². The van der Waals surface area contributed by atoms with Crippen LogP contribution in [0.25, 0.3) is 0 Å². The summed E-state index contributed by atoms with van der Waals surface area (Å²) < 4.78 is 27.2. The maximum atomic E-state index is 13.9. The zero-order valence-corrected chi connectivity index (χ0v) is 11.6. The van der Waals surface area contributed by atoms with E-state index in [0.717, 1.165) is 25.9 Å². The van der Waals surface area contributed by atoms with Crippen LogP contribution in [0, 0.1) is 11.6 Å². The third kappa shape index (κ3) is 3.12. The molecule has 0 radical (unpaired) electrons. The number of hydrogen-bond donors (Lipinski definition) is 1. The van der Waals surface area contributed by atoms with Gasteiger partial charge in [-0.05, 0) is 39.4 Å². The first-order chi connectivity index (χ1) is 9.15. The van der Waals surface area contributed by atoms with E-state index in [1.807, 2.05) is 14.0 Å². The van der Waals surface area contributed by atoms with Gasteiger partial charge in [-0.3, -0.25) is 4.90 Å². The Labute approximate surface area is 113 Å². The Morgan fingerprint density at radius 2 is 2.16 bits per heavy atom. The predicted octanol–water partition coefficient (Wildman–Crippen LogP) is 3.10. The van der Waals surface area contributed by atoms with Crippen molar-refractivity contribution in [2.45, 2.75) is 38.3 Å². The molecule has 1 saturated heterocycles. The summed E-state index contributed by atoms with van der Waals surface area (Å²) in [6.07, 6.45) is 3.45. The molecule has 0 amide bonds. The van der Waals surface area contributed by atoms with Crippen molar-refractivity contribution < 1.29 is 8.78 Å². The molecular formula is C15H22F2N2. The lowest BCUT2D eigenvalue weighted by atomic mass is 9.96. The molecule has 106 valence electrons. The SMILES string of the molecule is CNCC1CCCCN1C(C)c1cccc(F)c1F. The molecule has 2 atom stereocenters. The van der Waals surface area contributed by atoms with Crippen molar-refractivity contribution in [3.05, 3.63) is 35.4 Å². The van der Waals surface area contributed by atoms with Crippen LogP contribution in [0.4, 0.5) is 8.78 Å². The number of nitrogens with one attached hydrogen (secondary N) is 1. The molecule has 0 aromatic heterocycles. The summed E-state index contributed by atoms with van der Waals surface area (Å²) in [6.45, 7) is 3.80. The van der Waals surface area contributed by atoms with Crippen molar-refractivity contribution in [2.24, 2.45) is 0 Å². The lowest BCUT2D eigenvalue weighted by molar-refractivity contribution is 0.101. The van der Waals surface area contributed by atoms with Gasteiger partial charge in [-0.25, -0.2) is 8.78 Å². The van der Waals surface area contributed by atoms with Crippen LogP contribution >= 0.6 is 0 Å². The van der Waals surface area contributed by atoms with E-state index in [1.165, 1.54) is 12.5 Å². The molecule has 0 bridgehead atoms. The van der Waals surface area contributed by atoms with Gasteiger partial charge in [0.15, 0.2) is 11.6 Å². The smallest absolute Gasteiger partial charge is 0.163 e. The van der Waals surface area contributed by atoms with Crippen LogP contribution in [0.3, 0.4) is 0 Å². The molecule has 1 heterocycles. The highest BCUT2D eigenvalue weighted by Crippen LogP contribution is 2.30. The number of likely N-dealkylation sites (tertiary alicyclic amines) is 1. The second kappa shape index (κ2) is 6.44. The van der Waals surface area contributed by atoms with Crippen LogP contribution in [0.5, 0.6) is 0 Å². The number of halogens is 2. The average molecular weight is 268 g/mol. The molecule has 4 heteroatoms. The van der Waals surface area contributed by atoms with Crippen molar-refractivity contribution in [3.8, 4) is 0 Å². The van der Waals surface area contributed by atoms with Gasteiger partial charge in [-0.2, -0.15) is 0 Å². The molecule has 0 aliphatic carbocycles. The molecular weight excluding hydrogens is 246 g/mol. The molecule has 0 spiro atoms. The summed E-state index contributed by atoms with van der Waals surface area (Å²) in [5.41, 5.74) is 0.461. The van der Waals surface area contributed by atoms with Gasteiger partial charge in [0.2, 0.25) is 0 Å². The van der Waals surface area contributed by atoms with Crippen LogP contribution in [0.2, 0.25) is 0 Å². The highest BCUT2D eigenvalue weighted by Gasteiger charge is 2.28. The highest BCUT2D eigenvalue weighted by molar-refractivity contribution is 5.22. The fourth-order valence-electron chi connectivity index (χ4n) is 3.01. The van der Waals surface area contributed by atoms with E-state index >= 15 is 0 Å². The summed E-state index contributed by atoms with van der Waals surface area (Å²) in [7, 11) is 1.93. The maximum absolute atomic E-state index is 13.9. The molecule has 1 N–H and O–H groups in total. The van der Waals surface area contributed by atoms with E-state index in [9.17, 15) is 8.78 Å². The van der Waals surface area contributed by atoms with E-state index in [2.05, 4.69) is 10.2 Å². The van der Waals surface area contributed by atoms with Crippen LogP contribution < -0.4 is 5.32 Å². The standard InChI is InChI=1S/C15H22F2N2/c1-11(13-7-5-8-14(16)15(13)17)19-9-4-3-6-12(19)10-18-2/h5,7-8,11-12,18H,3-4,6,9-10H2,1-2H3.